The van der Waals surface area contributed by atoms with Gasteiger partial charge in [-0.05, 0) is 25.0 Å². The summed E-state index contributed by atoms with van der Waals surface area (Å²) < 4.78 is 0. The number of hydrogen-bond donors (Lipinski definition) is 1. The molecular weight excluding hydrogens is 200 g/mol. The van der Waals surface area contributed by atoms with Crippen molar-refractivity contribution in [1.82, 2.24) is 10.2 Å². The Kier molecular flexibility index (Phi) is 5.61. The van der Waals surface area contributed by atoms with Gasteiger partial charge < -0.3 is 10.6 Å². The third kappa shape index (κ3) is 4.04. The van der Waals surface area contributed by atoms with E-state index < -0.39 is 0 Å². The first-order chi connectivity index (χ1) is 7.77. The molecule has 0 amide bonds. The molecule has 1 aromatic rings. The van der Waals surface area contributed by atoms with E-state index in [0.29, 0.717) is 5.82 Å². The van der Waals surface area contributed by atoms with Gasteiger partial charge in [-0.1, -0.05) is 26.7 Å². The molecule has 0 saturated heterocycles. The number of anilines is 2. The van der Waals surface area contributed by atoms with Crippen LogP contribution in [-0.2, 0) is 0 Å². The molecule has 4 heteroatoms. The van der Waals surface area contributed by atoms with E-state index in [1.165, 1.54) is 25.7 Å². The summed E-state index contributed by atoms with van der Waals surface area (Å²) >= 11 is 0. The van der Waals surface area contributed by atoms with Gasteiger partial charge in [0.25, 0.3) is 0 Å². The maximum Gasteiger partial charge on any atom is 0.151 e. The standard InChI is InChI=1S/C12H22N4/c1-3-5-9-16(10-6-4-2)12-8-7-11(13)14-15-12/h7-8H,3-6,9-10H2,1-2H3,(H2,13,14). The van der Waals surface area contributed by atoms with Gasteiger partial charge >= 0.3 is 0 Å². The SMILES string of the molecule is CCCCN(CCCC)c1ccc(N)nn1. The smallest absolute Gasteiger partial charge is 0.151 e. The van der Waals surface area contributed by atoms with Gasteiger partial charge in [-0.25, -0.2) is 0 Å². The van der Waals surface area contributed by atoms with Crippen LogP contribution in [0.25, 0.3) is 0 Å². The number of nitrogens with zero attached hydrogens (tertiary/aromatic N) is 3. The second-order valence-corrected chi connectivity index (χ2v) is 4.01. The maximum atomic E-state index is 5.53. The lowest BCUT2D eigenvalue weighted by molar-refractivity contribution is 0.667. The molecule has 2 N–H and O–H groups in total. The summed E-state index contributed by atoms with van der Waals surface area (Å²) in [6.45, 7) is 6.50. The van der Waals surface area contributed by atoms with Crippen LogP contribution in [0.4, 0.5) is 11.6 Å². The van der Waals surface area contributed by atoms with E-state index in [-0.39, 0.29) is 0 Å². The van der Waals surface area contributed by atoms with Crippen molar-refractivity contribution in [2.75, 3.05) is 23.7 Å². The second-order valence-electron chi connectivity index (χ2n) is 4.01. The summed E-state index contributed by atoms with van der Waals surface area (Å²) in [4.78, 5) is 2.29. The van der Waals surface area contributed by atoms with Crippen LogP contribution in [-0.4, -0.2) is 23.3 Å². The molecule has 0 aliphatic heterocycles. The van der Waals surface area contributed by atoms with Crippen molar-refractivity contribution in [3.05, 3.63) is 12.1 Å². The summed E-state index contributed by atoms with van der Waals surface area (Å²) in [6.07, 6.45) is 4.78. The van der Waals surface area contributed by atoms with Crippen molar-refractivity contribution >= 4 is 11.6 Å². The van der Waals surface area contributed by atoms with Gasteiger partial charge in [-0.15, -0.1) is 10.2 Å². The topological polar surface area (TPSA) is 55.0 Å². The van der Waals surface area contributed by atoms with E-state index in [1.807, 2.05) is 12.1 Å². The lowest BCUT2D eigenvalue weighted by Crippen LogP contribution is -2.26. The highest BCUT2D eigenvalue weighted by Gasteiger charge is 2.06. The van der Waals surface area contributed by atoms with E-state index in [1.54, 1.807) is 0 Å². The highest BCUT2D eigenvalue weighted by atomic mass is 15.3. The van der Waals surface area contributed by atoms with Crippen LogP contribution >= 0.6 is 0 Å². The van der Waals surface area contributed by atoms with Crippen molar-refractivity contribution in [1.29, 1.82) is 0 Å². The Morgan fingerprint density at radius 2 is 1.69 bits per heavy atom. The largest absolute Gasteiger partial charge is 0.382 e. The fourth-order valence-corrected chi connectivity index (χ4v) is 1.54. The Balaban J connectivity index is 2.62. The number of unbranched alkanes of at least 4 members (excludes halogenated alkanes) is 2. The fraction of sp³-hybridized carbons (Fsp3) is 0.667. The molecule has 0 aliphatic carbocycles. The molecule has 16 heavy (non-hydrogen) atoms. The molecule has 0 radical (unpaired) electrons. The Bertz CT molecular complexity index is 276. The summed E-state index contributed by atoms with van der Waals surface area (Å²) in [6, 6.07) is 3.76. The van der Waals surface area contributed by atoms with Gasteiger partial charge in [0, 0.05) is 13.1 Å². The predicted octanol–water partition coefficient (Wildman–Crippen LogP) is 2.47. The van der Waals surface area contributed by atoms with Crippen LogP contribution in [0.15, 0.2) is 12.1 Å². The Morgan fingerprint density at radius 3 is 2.12 bits per heavy atom. The lowest BCUT2D eigenvalue weighted by atomic mass is 10.2. The Morgan fingerprint density at radius 1 is 1.06 bits per heavy atom. The first kappa shape index (κ1) is 12.7. The zero-order chi connectivity index (χ0) is 11.8. The van der Waals surface area contributed by atoms with Crippen molar-refractivity contribution in [2.24, 2.45) is 0 Å². The first-order valence-electron chi connectivity index (χ1n) is 6.12. The maximum absolute atomic E-state index is 5.53. The van der Waals surface area contributed by atoms with Gasteiger partial charge in [0.2, 0.25) is 0 Å². The number of nitrogens with two attached hydrogens (primary N) is 1. The van der Waals surface area contributed by atoms with Crippen molar-refractivity contribution in [3.63, 3.8) is 0 Å². The average Bonchev–Trinajstić information content (AvgIpc) is 2.31. The third-order valence-corrected chi connectivity index (χ3v) is 2.56. The number of hydrogen-bond acceptors (Lipinski definition) is 4. The van der Waals surface area contributed by atoms with Crippen LogP contribution in [0, 0.1) is 0 Å². The van der Waals surface area contributed by atoms with Gasteiger partial charge in [0.05, 0.1) is 0 Å². The Hall–Kier alpha value is -1.32. The van der Waals surface area contributed by atoms with Crippen LogP contribution < -0.4 is 10.6 Å². The van der Waals surface area contributed by atoms with Gasteiger partial charge in [-0.3, -0.25) is 0 Å². The molecule has 0 unspecified atom stereocenters. The fourth-order valence-electron chi connectivity index (χ4n) is 1.54. The zero-order valence-corrected chi connectivity index (χ0v) is 10.3. The van der Waals surface area contributed by atoms with Gasteiger partial charge in [-0.2, -0.15) is 0 Å². The lowest BCUT2D eigenvalue weighted by Gasteiger charge is -2.22. The summed E-state index contributed by atoms with van der Waals surface area (Å²) in [5.74, 6) is 1.42. The third-order valence-electron chi connectivity index (χ3n) is 2.56. The molecule has 1 heterocycles. The first-order valence-corrected chi connectivity index (χ1v) is 6.12. The predicted molar refractivity (Wildman–Crippen MR) is 68.5 cm³/mol. The molecule has 0 atom stereocenters. The molecule has 0 spiro atoms. The van der Waals surface area contributed by atoms with Crippen molar-refractivity contribution in [3.8, 4) is 0 Å². The molecule has 0 bridgehead atoms. The molecule has 90 valence electrons. The van der Waals surface area contributed by atoms with Gasteiger partial charge in [0.15, 0.2) is 5.82 Å². The Labute approximate surface area is 97.9 Å². The van der Waals surface area contributed by atoms with Crippen LogP contribution in [0.5, 0.6) is 0 Å². The van der Waals surface area contributed by atoms with Crippen LogP contribution in [0.2, 0.25) is 0 Å². The minimum Gasteiger partial charge on any atom is -0.382 e. The van der Waals surface area contributed by atoms with E-state index in [9.17, 15) is 0 Å². The molecule has 0 fully saturated rings. The van der Waals surface area contributed by atoms with E-state index in [4.69, 9.17) is 5.73 Å². The van der Waals surface area contributed by atoms with Crippen LogP contribution in [0.3, 0.4) is 0 Å². The van der Waals surface area contributed by atoms with E-state index in [2.05, 4.69) is 28.9 Å². The van der Waals surface area contributed by atoms with E-state index >= 15 is 0 Å². The molecule has 0 aliphatic rings. The highest BCUT2D eigenvalue weighted by molar-refractivity contribution is 5.41. The van der Waals surface area contributed by atoms with Crippen molar-refractivity contribution < 1.29 is 0 Å². The monoisotopic (exact) mass is 222 g/mol. The quantitative estimate of drug-likeness (QED) is 0.770. The minimum atomic E-state index is 0.481. The molecule has 0 aromatic carbocycles. The molecule has 4 nitrogen and oxygen atoms in total. The number of aromatic nitrogens is 2. The summed E-state index contributed by atoms with van der Waals surface area (Å²) in [5, 5.41) is 8.04. The number of nitrogen functional groups attached to an aromatic ring is 1. The van der Waals surface area contributed by atoms with Crippen LogP contribution in [0.1, 0.15) is 39.5 Å². The molecule has 1 aromatic heterocycles. The summed E-state index contributed by atoms with van der Waals surface area (Å²) in [7, 11) is 0. The molecule has 0 saturated carbocycles. The molecule has 1 rings (SSSR count). The normalized spacial score (nSPS) is 10.4. The highest BCUT2D eigenvalue weighted by Crippen LogP contribution is 2.12. The summed E-state index contributed by atoms with van der Waals surface area (Å²) in [5.41, 5.74) is 5.53. The number of rotatable bonds is 7. The van der Waals surface area contributed by atoms with Gasteiger partial charge in [0.1, 0.15) is 5.82 Å². The van der Waals surface area contributed by atoms with E-state index in [0.717, 1.165) is 18.9 Å². The molecular formula is C12H22N4. The second kappa shape index (κ2) is 7.04. The average molecular weight is 222 g/mol. The minimum absolute atomic E-state index is 0.481. The zero-order valence-electron chi connectivity index (χ0n) is 10.3. The van der Waals surface area contributed by atoms with Crippen molar-refractivity contribution in [2.45, 2.75) is 39.5 Å².